The Bertz CT molecular complexity index is 162. The van der Waals surface area contributed by atoms with E-state index >= 15 is 0 Å². The Morgan fingerprint density at radius 1 is 1.78 bits per heavy atom. The fourth-order valence-electron chi connectivity index (χ4n) is 0.620. The van der Waals surface area contributed by atoms with Crippen LogP contribution in [-0.4, -0.2) is 12.1 Å². The second kappa shape index (κ2) is 1.76. The third kappa shape index (κ3) is 1.04. The van der Waals surface area contributed by atoms with Gasteiger partial charge in [0.05, 0.1) is 0 Å². The van der Waals surface area contributed by atoms with Crippen molar-refractivity contribution in [3.63, 3.8) is 0 Å². The van der Waals surface area contributed by atoms with E-state index < -0.39 is 5.79 Å². The highest BCUT2D eigenvalue weighted by molar-refractivity contribution is 5.60. The first-order chi connectivity index (χ1) is 4.16. The van der Waals surface area contributed by atoms with Crippen molar-refractivity contribution >= 4 is 6.29 Å². The van der Waals surface area contributed by atoms with Gasteiger partial charge in [-0.2, -0.15) is 0 Å². The van der Waals surface area contributed by atoms with E-state index in [0.717, 1.165) is 0 Å². The van der Waals surface area contributed by atoms with Crippen molar-refractivity contribution in [2.45, 2.75) is 19.6 Å². The molecule has 3 heteroatoms. The molecular formula is C6H8O3. The Morgan fingerprint density at radius 2 is 2.44 bits per heavy atom. The lowest BCUT2D eigenvalue weighted by molar-refractivity contribution is -0.156. The van der Waals surface area contributed by atoms with Gasteiger partial charge in [-0.3, -0.25) is 4.79 Å². The fourth-order valence-corrected chi connectivity index (χ4v) is 0.620. The summed E-state index contributed by atoms with van der Waals surface area (Å²) in [5, 5.41) is 0. The number of hydrogen-bond donors (Lipinski definition) is 0. The summed E-state index contributed by atoms with van der Waals surface area (Å²) < 4.78 is 9.82. The summed E-state index contributed by atoms with van der Waals surface area (Å²) in [6, 6.07) is 0. The molecule has 0 aromatic carbocycles. The summed E-state index contributed by atoms with van der Waals surface area (Å²) in [5.41, 5.74) is 0. The van der Waals surface area contributed by atoms with Gasteiger partial charge in [-0.15, -0.1) is 0 Å². The van der Waals surface area contributed by atoms with Crippen molar-refractivity contribution in [2.75, 3.05) is 0 Å². The highest BCUT2D eigenvalue weighted by atomic mass is 16.7. The van der Waals surface area contributed by atoms with E-state index in [0.29, 0.717) is 12.0 Å². The molecule has 50 valence electrons. The summed E-state index contributed by atoms with van der Waals surface area (Å²) >= 11 is 0. The number of hydrogen-bond acceptors (Lipinski definition) is 3. The van der Waals surface area contributed by atoms with Gasteiger partial charge in [0.25, 0.3) is 0 Å². The third-order valence-corrected chi connectivity index (χ3v) is 1.04. The van der Waals surface area contributed by atoms with Gasteiger partial charge in [0.15, 0.2) is 0 Å². The molecule has 0 N–H and O–H groups in total. The lowest BCUT2D eigenvalue weighted by Gasteiger charge is -2.15. The van der Waals surface area contributed by atoms with Crippen LogP contribution in [0.4, 0.5) is 0 Å². The van der Waals surface area contributed by atoms with Crippen molar-refractivity contribution in [2.24, 2.45) is 0 Å². The average molecular weight is 128 g/mol. The Hall–Kier alpha value is -0.990. The largest absolute Gasteiger partial charge is 0.450 e. The summed E-state index contributed by atoms with van der Waals surface area (Å²) in [6.45, 7) is 3.29. The summed E-state index contributed by atoms with van der Waals surface area (Å²) in [6.07, 6.45) is 2.05. The predicted molar refractivity (Wildman–Crippen MR) is 30.4 cm³/mol. The first-order valence-corrected chi connectivity index (χ1v) is 2.66. The number of carbonyl (C=O) groups is 1. The maximum Gasteiger partial charge on any atom is 0.304 e. The lowest BCUT2D eigenvalue weighted by atomic mass is 10.4. The molecular weight excluding hydrogens is 120 g/mol. The minimum Gasteiger partial charge on any atom is -0.450 e. The van der Waals surface area contributed by atoms with Gasteiger partial charge in [-0.05, 0) is 6.92 Å². The second-order valence-electron chi connectivity index (χ2n) is 2.08. The minimum atomic E-state index is -1.07. The van der Waals surface area contributed by atoms with Gasteiger partial charge >= 0.3 is 5.79 Å². The molecule has 0 amide bonds. The molecule has 0 aromatic heterocycles. The number of rotatable bonds is 1. The van der Waals surface area contributed by atoms with Gasteiger partial charge in [0.2, 0.25) is 6.29 Å². The first kappa shape index (κ1) is 6.13. The average Bonchev–Trinajstić information content (AvgIpc) is 2.13. The maximum absolute atomic E-state index is 10.2. The standard InChI is InChI=1S/C6H8O3/c1-5-3-8-6(2,4-7)9-5/h3-4H,1-2H3. The van der Waals surface area contributed by atoms with E-state index in [2.05, 4.69) is 0 Å². The summed E-state index contributed by atoms with van der Waals surface area (Å²) in [5.74, 6) is -0.436. The van der Waals surface area contributed by atoms with Crippen molar-refractivity contribution in [1.29, 1.82) is 0 Å². The molecule has 0 aliphatic carbocycles. The highest BCUT2D eigenvalue weighted by Gasteiger charge is 2.31. The zero-order valence-corrected chi connectivity index (χ0v) is 5.38. The SMILES string of the molecule is CC1=COC(C)(C=O)O1. The smallest absolute Gasteiger partial charge is 0.304 e. The predicted octanol–water partition coefficient (Wildman–Crippen LogP) is 0.810. The van der Waals surface area contributed by atoms with Crippen LogP contribution in [0.5, 0.6) is 0 Å². The van der Waals surface area contributed by atoms with E-state index in [-0.39, 0.29) is 0 Å². The van der Waals surface area contributed by atoms with E-state index in [4.69, 9.17) is 9.47 Å². The zero-order chi connectivity index (χ0) is 6.91. The van der Waals surface area contributed by atoms with Gasteiger partial charge in [-0.25, -0.2) is 0 Å². The van der Waals surface area contributed by atoms with Crippen LogP contribution in [0.1, 0.15) is 13.8 Å². The van der Waals surface area contributed by atoms with E-state index in [1.165, 1.54) is 6.26 Å². The molecule has 3 nitrogen and oxygen atoms in total. The third-order valence-electron chi connectivity index (χ3n) is 1.04. The second-order valence-corrected chi connectivity index (χ2v) is 2.08. The van der Waals surface area contributed by atoms with Crippen molar-refractivity contribution in [3.8, 4) is 0 Å². The summed E-state index contributed by atoms with van der Waals surface area (Å²) in [7, 11) is 0. The molecule has 0 radical (unpaired) electrons. The number of allylic oxidation sites excluding steroid dienone is 1. The van der Waals surface area contributed by atoms with Crippen LogP contribution in [0.15, 0.2) is 12.0 Å². The van der Waals surface area contributed by atoms with Crippen molar-refractivity contribution < 1.29 is 14.3 Å². The minimum absolute atomic E-state index is 0.625. The lowest BCUT2D eigenvalue weighted by Crippen LogP contribution is -2.27. The molecule has 1 aliphatic rings. The Kier molecular flexibility index (Phi) is 1.20. The number of carbonyl (C=O) groups excluding carboxylic acids is 1. The molecule has 1 rings (SSSR count). The van der Waals surface area contributed by atoms with E-state index in [1.54, 1.807) is 13.8 Å². The molecule has 0 aromatic rings. The number of ether oxygens (including phenoxy) is 2. The Labute approximate surface area is 53.3 Å². The van der Waals surface area contributed by atoms with Crippen molar-refractivity contribution in [3.05, 3.63) is 12.0 Å². The van der Waals surface area contributed by atoms with Gasteiger partial charge in [-0.1, -0.05) is 0 Å². The Morgan fingerprint density at radius 3 is 2.67 bits per heavy atom. The maximum atomic E-state index is 10.2. The van der Waals surface area contributed by atoms with Crippen LogP contribution >= 0.6 is 0 Å². The quantitative estimate of drug-likeness (QED) is 0.490. The Balaban J connectivity index is 2.63. The molecule has 0 fully saturated rings. The highest BCUT2D eigenvalue weighted by Crippen LogP contribution is 2.21. The molecule has 1 atom stereocenters. The molecule has 9 heavy (non-hydrogen) atoms. The molecule has 0 spiro atoms. The van der Waals surface area contributed by atoms with E-state index in [9.17, 15) is 4.79 Å². The van der Waals surface area contributed by atoms with E-state index in [1.807, 2.05) is 0 Å². The monoisotopic (exact) mass is 128 g/mol. The number of aldehydes is 1. The molecule has 1 aliphatic heterocycles. The molecule has 0 saturated carbocycles. The fraction of sp³-hybridized carbons (Fsp3) is 0.500. The molecule has 1 heterocycles. The first-order valence-electron chi connectivity index (χ1n) is 2.66. The zero-order valence-electron chi connectivity index (χ0n) is 5.38. The van der Waals surface area contributed by atoms with Crippen LogP contribution in [0.3, 0.4) is 0 Å². The van der Waals surface area contributed by atoms with Gasteiger partial charge < -0.3 is 9.47 Å². The molecule has 1 unspecified atom stereocenters. The van der Waals surface area contributed by atoms with Gasteiger partial charge in [0, 0.05) is 6.92 Å². The topological polar surface area (TPSA) is 35.5 Å². The van der Waals surface area contributed by atoms with Crippen LogP contribution in [0.2, 0.25) is 0 Å². The van der Waals surface area contributed by atoms with Crippen LogP contribution in [0, 0.1) is 0 Å². The van der Waals surface area contributed by atoms with Crippen molar-refractivity contribution in [1.82, 2.24) is 0 Å². The van der Waals surface area contributed by atoms with Crippen LogP contribution in [0.25, 0.3) is 0 Å². The van der Waals surface area contributed by atoms with Gasteiger partial charge in [0.1, 0.15) is 12.0 Å². The molecule has 0 bridgehead atoms. The summed E-state index contributed by atoms with van der Waals surface area (Å²) in [4.78, 5) is 10.2. The van der Waals surface area contributed by atoms with Crippen LogP contribution < -0.4 is 0 Å². The van der Waals surface area contributed by atoms with Crippen LogP contribution in [-0.2, 0) is 14.3 Å². The molecule has 0 saturated heterocycles. The normalized spacial score (nSPS) is 32.4.